The summed E-state index contributed by atoms with van der Waals surface area (Å²) in [5, 5.41) is 0. The van der Waals surface area contributed by atoms with E-state index >= 15 is 0 Å². The molecule has 1 aliphatic heterocycles. The summed E-state index contributed by atoms with van der Waals surface area (Å²) in [6.45, 7) is 4.84. The maximum atomic E-state index is 5.67. The lowest BCUT2D eigenvalue weighted by Crippen LogP contribution is -2.11. The van der Waals surface area contributed by atoms with Crippen LogP contribution in [0.4, 0.5) is 0 Å². The van der Waals surface area contributed by atoms with Crippen molar-refractivity contribution in [2.75, 3.05) is 6.79 Å². The van der Waals surface area contributed by atoms with Gasteiger partial charge in [0.25, 0.3) is 0 Å². The quantitative estimate of drug-likeness (QED) is 0.762. The summed E-state index contributed by atoms with van der Waals surface area (Å²) in [4.78, 5) is 0. The number of ether oxygens (including phenoxy) is 2. The average Bonchev–Trinajstić information content (AvgIpc) is 3.23. The highest BCUT2D eigenvalue weighted by Crippen LogP contribution is 2.46. The molecule has 24 heavy (non-hydrogen) atoms. The van der Waals surface area contributed by atoms with Crippen LogP contribution in [0.1, 0.15) is 37.3 Å². The summed E-state index contributed by atoms with van der Waals surface area (Å²) in [5.41, 5.74) is 9.71. The molecule has 0 spiro atoms. The summed E-state index contributed by atoms with van der Waals surface area (Å²) >= 11 is 0. The molecular weight excluding hydrogens is 296 g/mol. The highest BCUT2D eigenvalue weighted by atomic mass is 16.7. The topological polar surface area (TPSA) is 18.5 Å². The number of fused-ring (bicyclic) bond motifs is 3. The third kappa shape index (κ3) is 1.99. The van der Waals surface area contributed by atoms with Gasteiger partial charge < -0.3 is 9.47 Å². The first-order valence-corrected chi connectivity index (χ1v) is 8.58. The molecule has 2 atom stereocenters. The summed E-state index contributed by atoms with van der Waals surface area (Å²) < 4.78 is 11.2. The molecule has 120 valence electrons. The van der Waals surface area contributed by atoms with Crippen LogP contribution in [-0.4, -0.2) is 12.9 Å². The molecule has 1 aromatic carbocycles. The predicted octanol–water partition coefficient (Wildman–Crippen LogP) is 5.03. The summed E-state index contributed by atoms with van der Waals surface area (Å²) in [6.07, 6.45) is 10.0. The minimum absolute atomic E-state index is 0.00875. The van der Waals surface area contributed by atoms with Crippen LogP contribution < -0.4 is 0 Å². The normalized spacial score (nSPS) is 26.9. The molecule has 0 N–H and O–H groups in total. The smallest absolute Gasteiger partial charge is 0.189 e. The van der Waals surface area contributed by atoms with Crippen molar-refractivity contribution in [3.8, 4) is 0 Å². The molecule has 0 saturated carbocycles. The maximum Gasteiger partial charge on any atom is 0.189 e. The fraction of sp³-hybridized carbons (Fsp3) is 0.273. The van der Waals surface area contributed by atoms with Gasteiger partial charge in [-0.2, -0.15) is 0 Å². The lowest BCUT2D eigenvalue weighted by atomic mass is 9.84. The van der Waals surface area contributed by atoms with Crippen molar-refractivity contribution in [1.29, 1.82) is 0 Å². The van der Waals surface area contributed by atoms with Crippen LogP contribution in [0.3, 0.4) is 0 Å². The molecule has 0 radical (unpaired) electrons. The monoisotopic (exact) mass is 316 g/mol. The number of hydrogen-bond acceptors (Lipinski definition) is 2. The van der Waals surface area contributed by atoms with Gasteiger partial charge in [0.15, 0.2) is 6.79 Å². The van der Waals surface area contributed by atoms with E-state index in [-0.39, 0.29) is 6.10 Å². The fourth-order valence-electron chi connectivity index (χ4n) is 4.30. The van der Waals surface area contributed by atoms with Crippen molar-refractivity contribution in [3.05, 3.63) is 87.2 Å². The first kappa shape index (κ1) is 14.1. The molecule has 5 rings (SSSR count). The van der Waals surface area contributed by atoms with E-state index in [0.717, 1.165) is 12.2 Å². The molecule has 2 unspecified atom stereocenters. The predicted molar refractivity (Wildman–Crippen MR) is 95.2 cm³/mol. The zero-order chi connectivity index (χ0) is 16.3. The van der Waals surface area contributed by atoms with E-state index in [1.165, 1.54) is 39.0 Å². The first-order valence-electron chi connectivity index (χ1n) is 8.58. The van der Waals surface area contributed by atoms with Crippen molar-refractivity contribution < 1.29 is 9.47 Å². The Morgan fingerprint density at radius 1 is 1.08 bits per heavy atom. The molecule has 4 aliphatic rings. The van der Waals surface area contributed by atoms with E-state index in [0.29, 0.717) is 12.7 Å². The minimum atomic E-state index is -0.00875. The van der Waals surface area contributed by atoms with Gasteiger partial charge in [0, 0.05) is 5.92 Å². The number of benzene rings is 1. The lowest BCUT2D eigenvalue weighted by molar-refractivity contribution is 0.0629. The van der Waals surface area contributed by atoms with Gasteiger partial charge in [0.1, 0.15) is 11.9 Å². The van der Waals surface area contributed by atoms with E-state index < -0.39 is 0 Å². The zero-order valence-corrected chi connectivity index (χ0v) is 14.0. The van der Waals surface area contributed by atoms with Gasteiger partial charge in [-0.15, -0.1) is 0 Å². The van der Waals surface area contributed by atoms with Gasteiger partial charge >= 0.3 is 0 Å². The zero-order valence-electron chi connectivity index (χ0n) is 14.0. The second-order valence-electron chi connectivity index (χ2n) is 7.01. The van der Waals surface area contributed by atoms with Crippen LogP contribution in [0.5, 0.6) is 0 Å². The molecule has 2 nitrogen and oxygen atoms in total. The molecule has 1 fully saturated rings. The van der Waals surface area contributed by atoms with E-state index in [1.54, 1.807) is 0 Å². The van der Waals surface area contributed by atoms with Crippen LogP contribution >= 0.6 is 0 Å². The Labute approximate surface area is 142 Å². The van der Waals surface area contributed by atoms with Crippen LogP contribution in [0, 0.1) is 0 Å². The third-order valence-electron chi connectivity index (χ3n) is 5.57. The second kappa shape index (κ2) is 5.09. The Bertz CT molecular complexity index is 892. The summed E-state index contributed by atoms with van der Waals surface area (Å²) in [7, 11) is 0. The van der Waals surface area contributed by atoms with E-state index in [4.69, 9.17) is 9.47 Å². The molecule has 0 amide bonds. The lowest BCUT2D eigenvalue weighted by Gasteiger charge is -2.21. The van der Waals surface area contributed by atoms with Gasteiger partial charge in [-0.3, -0.25) is 0 Å². The van der Waals surface area contributed by atoms with Gasteiger partial charge in [0.05, 0.1) is 0 Å². The molecule has 3 aliphatic carbocycles. The van der Waals surface area contributed by atoms with E-state index in [2.05, 4.69) is 62.4 Å². The van der Waals surface area contributed by atoms with Gasteiger partial charge in [0.2, 0.25) is 0 Å². The Kier molecular flexibility index (Phi) is 2.98. The number of hydrogen-bond donors (Lipinski definition) is 0. The second-order valence-corrected chi connectivity index (χ2v) is 7.01. The van der Waals surface area contributed by atoms with Crippen LogP contribution in [0.25, 0.3) is 6.08 Å². The van der Waals surface area contributed by atoms with Crippen molar-refractivity contribution >= 4 is 6.08 Å². The first-order chi connectivity index (χ1) is 11.7. The van der Waals surface area contributed by atoms with Gasteiger partial charge in [-0.05, 0) is 65.8 Å². The molecule has 1 saturated heterocycles. The molecule has 2 heteroatoms. The SMILES string of the molecule is CC1=Cc2ccccc2C1CC1=C(C)C=C2C=C3OCOC3C=C21. The van der Waals surface area contributed by atoms with Crippen molar-refractivity contribution in [3.63, 3.8) is 0 Å². The van der Waals surface area contributed by atoms with Crippen LogP contribution in [0.15, 0.2) is 76.1 Å². The fourth-order valence-corrected chi connectivity index (χ4v) is 4.30. The average molecular weight is 316 g/mol. The highest BCUT2D eigenvalue weighted by Gasteiger charge is 2.33. The molecule has 0 bridgehead atoms. The third-order valence-corrected chi connectivity index (χ3v) is 5.57. The highest BCUT2D eigenvalue weighted by molar-refractivity contribution is 5.69. The molecule has 1 aromatic rings. The Morgan fingerprint density at radius 3 is 2.88 bits per heavy atom. The molecule has 0 aromatic heterocycles. The standard InChI is InChI=1S/C22H20O2/c1-13-7-15-5-3-4-6-17(15)18(13)10-19-14(2)8-16-9-21-22(11-20(16)19)24-12-23-21/h3-9,11,18,22H,10,12H2,1-2H3. The van der Waals surface area contributed by atoms with Gasteiger partial charge in [-0.1, -0.05) is 42.0 Å². The number of rotatable bonds is 2. The summed E-state index contributed by atoms with van der Waals surface area (Å²) in [6, 6.07) is 8.76. The maximum absolute atomic E-state index is 5.67. The molecular formula is C22H20O2. The van der Waals surface area contributed by atoms with E-state index in [9.17, 15) is 0 Å². The Hall–Kier alpha value is -2.32. The van der Waals surface area contributed by atoms with Crippen molar-refractivity contribution in [2.45, 2.75) is 32.3 Å². The van der Waals surface area contributed by atoms with Crippen molar-refractivity contribution in [1.82, 2.24) is 0 Å². The van der Waals surface area contributed by atoms with Crippen LogP contribution in [-0.2, 0) is 9.47 Å². The van der Waals surface area contributed by atoms with Gasteiger partial charge in [-0.25, -0.2) is 0 Å². The Morgan fingerprint density at radius 2 is 1.96 bits per heavy atom. The Balaban J connectivity index is 1.49. The van der Waals surface area contributed by atoms with Crippen molar-refractivity contribution in [2.24, 2.45) is 0 Å². The summed E-state index contributed by atoms with van der Waals surface area (Å²) in [5.74, 6) is 1.42. The number of allylic oxidation sites excluding steroid dienone is 7. The van der Waals surface area contributed by atoms with Crippen LogP contribution in [0.2, 0.25) is 0 Å². The largest absolute Gasteiger partial charge is 0.469 e. The molecule has 1 heterocycles. The van der Waals surface area contributed by atoms with E-state index in [1.807, 2.05) is 0 Å². The minimum Gasteiger partial charge on any atom is -0.469 e.